The van der Waals surface area contributed by atoms with E-state index in [1.165, 1.54) is 23.9 Å². The second-order valence-electron chi connectivity index (χ2n) is 4.16. The van der Waals surface area contributed by atoms with Crippen molar-refractivity contribution in [1.82, 2.24) is 14.8 Å². The van der Waals surface area contributed by atoms with E-state index in [0.29, 0.717) is 11.3 Å². The Morgan fingerprint density at radius 2 is 2.25 bits per heavy atom. The molecule has 1 heterocycles. The van der Waals surface area contributed by atoms with Gasteiger partial charge in [-0.1, -0.05) is 23.0 Å². The Morgan fingerprint density at radius 3 is 2.85 bits per heavy atom. The third-order valence-corrected chi connectivity index (χ3v) is 3.93. The molecular formula is C12H14FN5OS. The number of nitrogens with zero attached hydrogens (tertiary/aromatic N) is 4. The van der Waals surface area contributed by atoms with E-state index in [9.17, 15) is 4.39 Å². The van der Waals surface area contributed by atoms with Crippen molar-refractivity contribution in [1.29, 1.82) is 0 Å². The zero-order valence-electron chi connectivity index (χ0n) is 11.0. The summed E-state index contributed by atoms with van der Waals surface area (Å²) in [5, 5.41) is 20.4. The zero-order chi connectivity index (χ0) is 14.7. The molecule has 0 amide bonds. The van der Waals surface area contributed by atoms with Crippen molar-refractivity contribution in [3.63, 3.8) is 0 Å². The van der Waals surface area contributed by atoms with Gasteiger partial charge in [0.05, 0.1) is 0 Å². The molecule has 106 valence electrons. The van der Waals surface area contributed by atoms with E-state index in [1.54, 1.807) is 6.07 Å². The fourth-order valence-corrected chi connectivity index (χ4v) is 2.58. The largest absolute Gasteiger partial charge is 0.409 e. The standard InChI is InChI=1S/C12H14FN5OS/c1-7-15-16-12(18(7)2)20-6-8-3-4-9(13)5-10(8)11(14)17-19/h3-5,19H,6H2,1-2H3,(H2,14,17). The number of aromatic nitrogens is 3. The minimum atomic E-state index is -0.435. The molecular weight excluding hydrogens is 281 g/mol. The van der Waals surface area contributed by atoms with Crippen molar-refractivity contribution in [2.45, 2.75) is 17.8 Å². The second-order valence-corrected chi connectivity index (χ2v) is 5.11. The summed E-state index contributed by atoms with van der Waals surface area (Å²) in [6, 6.07) is 4.19. The van der Waals surface area contributed by atoms with E-state index in [0.717, 1.165) is 16.5 Å². The van der Waals surface area contributed by atoms with Gasteiger partial charge in [0.2, 0.25) is 0 Å². The Labute approximate surface area is 119 Å². The topological polar surface area (TPSA) is 89.3 Å². The predicted molar refractivity (Wildman–Crippen MR) is 74.2 cm³/mol. The van der Waals surface area contributed by atoms with Crippen LogP contribution in [-0.4, -0.2) is 25.8 Å². The van der Waals surface area contributed by atoms with E-state index in [-0.39, 0.29) is 5.84 Å². The Kier molecular flexibility index (Phi) is 4.23. The number of hydrogen-bond donors (Lipinski definition) is 2. The van der Waals surface area contributed by atoms with Crippen molar-refractivity contribution in [2.75, 3.05) is 0 Å². The van der Waals surface area contributed by atoms with Gasteiger partial charge in [0.1, 0.15) is 11.6 Å². The van der Waals surface area contributed by atoms with Gasteiger partial charge in [-0.05, 0) is 24.6 Å². The molecule has 2 aromatic rings. The first-order valence-electron chi connectivity index (χ1n) is 5.78. The molecule has 0 radical (unpaired) electrons. The maximum Gasteiger partial charge on any atom is 0.191 e. The molecule has 0 saturated carbocycles. The molecule has 0 aliphatic heterocycles. The summed E-state index contributed by atoms with van der Waals surface area (Å²) in [5.74, 6) is 0.769. The van der Waals surface area contributed by atoms with Crippen LogP contribution in [0, 0.1) is 12.7 Å². The van der Waals surface area contributed by atoms with Crippen molar-refractivity contribution in [3.8, 4) is 0 Å². The lowest BCUT2D eigenvalue weighted by Gasteiger charge is -2.08. The summed E-state index contributed by atoms with van der Waals surface area (Å²) in [6.45, 7) is 1.86. The number of thioether (sulfide) groups is 1. The van der Waals surface area contributed by atoms with Gasteiger partial charge in [-0.3, -0.25) is 0 Å². The fraction of sp³-hybridized carbons (Fsp3) is 0.250. The van der Waals surface area contributed by atoms with Crippen LogP contribution in [0.3, 0.4) is 0 Å². The molecule has 0 saturated heterocycles. The first-order chi connectivity index (χ1) is 9.52. The molecule has 1 aromatic heterocycles. The quantitative estimate of drug-likeness (QED) is 0.294. The molecule has 0 bridgehead atoms. The van der Waals surface area contributed by atoms with Crippen molar-refractivity contribution >= 4 is 17.6 Å². The fourth-order valence-electron chi connectivity index (χ4n) is 1.62. The smallest absolute Gasteiger partial charge is 0.191 e. The number of benzene rings is 1. The minimum absolute atomic E-state index is 0.116. The van der Waals surface area contributed by atoms with Gasteiger partial charge in [0, 0.05) is 18.4 Å². The van der Waals surface area contributed by atoms with Crippen LogP contribution < -0.4 is 5.73 Å². The van der Waals surface area contributed by atoms with E-state index < -0.39 is 5.82 Å². The Balaban J connectivity index is 2.23. The molecule has 0 unspecified atom stereocenters. The number of amidine groups is 1. The number of aryl methyl sites for hydroxylation is 1. The maximum atomic E-state index is 13.2. The average molecular weight is 295 g/mol. The van der Waals surface area contributed by atoms with Gasteiger partial charge in [-0.25, -0.2) is 4.39 Å². The highest BCUT2D eigenvalue weighted by atomic mass is 32.2. The summed E-state index contributed by atoms with van der Waals surface area (Å²) in [5.41, 5.74) is 6.69. The highest BCUT2D eigenvalue weighted by molar-refractivity contribution is 7.98. The molecule has 0 aliphatic rings. The zero-order valence-corrected chi connectivity index (χ0v) is 11.9. The molecule has 20 heavy (non-hydrogen) atoms. The van der Waals surface area contributed by atoms with Crippen LogP contribution in [0.4, 0.5) is 4.39 Å². The number of nitrogens with two attached hydrogens (primary N) is 1. The van der Waals surface area contributed by atoms with Gasteiger partial charge in [0.25, 0.3) is 0 Å². The lowest BCUT2D eigenvalue weighted by molar-refractivity contribution is 0.318. The van der Waals surface area contributed by atoms with Gasteiger partial charge >= 0.3 is 0 Å². The molecule has 1 aromatic carbocycles. The first kappa shape index (κ1) is 14.3. The Bertz CT molecular complexity index is 655. The van der Waals surface area contributed by atoms with E-state index >= 15 is 0 Å². The lowest BCUT2D eigenvalue weighted by Crippen LogP contribution is -2.15. The second kappa shape index (κ2) is 5.91. The highest BCUT2D eigenvalue weighted by Crippen LogP contribution is 2.23. The molecule has 0 aliphatic carbocycles. The Hall–Kier alpha value is -2.09. The molecule has 0 atom stereocenters. The van der Waals surface area contributed by atoms with Crippen molar-refractivity contribution in [2.24, 2.45) is 17.9 Å². The molecule has 0 fully saturated rings. The molecule has 3 N–H and O–H groups in total. The molecule has 6 nitrogen and oxygen atoms in total. The SMILES string of the molecule is Cc1nnc(SCc2ccc(F)cc2C(N)=NO)n1C. The predicted octanol–water partition coefficient (Wildman–Crippen LogP) is 1.65. The van der Waals surface area contributed by atoms with Crippen LogP contribution in [0.15, 0.2) is 28.5 Å². The van der Waals surface area contributed by atoms with Gasteiger partial charge in [-0.15, -0.1) is 10.2 Å². The van der Waals surface area contributed by atoms with Crippen LogP contribution in [0.1, 0.15) is 17.0 Å². The number of oxime groups is 1. The monoisotopic (exact) mass is 295 g/mol. The van der Waals surface area contributed by atoms with E-state index in [1.807, 2.05) is 18.5 Å². The summed E-state index contributed by atoms with van der Waals surface area (Å²) in [7, 11) is 1.87. The van der Waals surface area contributed by atoms with Gasteiger partial charge < -0.3 is 15.5 Å². The molecule has 2 rings (SSSR count). The maximum absolute atomic E-state index is 13.2. The lowest BCUT2D eigenvalue weighted by atomic mass is 10.1. The molecule has 8 heteroatoms. The summed E-state index contributed by atoms with van der Waals surface area (Å²) >= 11 is 1.44. The van der Waals surface area contributed by atoms with E-state index in [2.05, 4.69) is 15.4 Å². The summed E-state index contributed by atoms with van der Waals surface area (Å²) < 4.78 is 15.1. The van der Waals surface area contributed by atoms with Gasteiger partial charge in [0.15, 0.2) is 11.0 Å². The number of rotatable bonds is 4. The normalized spacial score (nSPS) is 11.8. The third-order valence-electron chi connectivity index (χ3n) is 2.86. The van der Waals surface area contributed by atoms with Crippen molar-refractivity contribution < 1.29 is 9.60 Å². The van der Waals surface area contributed by atoms with Crippen LogP contribution >= 0.6 is 11.8 Å². The van der Waals surface area contributed by atoms with Crippen LogP contribution in [0.2, 0.25) is 0 Å². The average Bonchev–Trinajstić information content (AvgIpc) is 2.76. The number of halogens is 1. The molecule has 0 spiro atoms. The first-order valence-corrected chi connectivity index (χ1v) is 6.76. The van der Waals surface area contributed by atoms with Gasteiger partial charge in [-0.2, -0.15) is 0 Å². The van der Waals surface area contributed by atoms with Crippen LogP contribution in [-0.2, 0) is 12.8 Å². The summed E-state index contributed by atoms with van der Waals surface area (Å²) in [6.07, 6.45) is 0. The van der Waals surface area contributed by atoms with Crippen molar-refractivity contribution in [3.05, 3.63) is 41.0 Å². The van der Waals surface area contributed by atoms with E-state index in [4.69, 9.17) is 10.9 Å². The Morgan fingerprint density at radius 1 is 1.50 bits per heavy atom. The minimum Gasteiger partial charge on any atom is -0.409 e. The van der Waals surface area contributed by atoms with Crippen LogP contribution in [0.5, 0.6) is 0 Å². The highest BCUT2D eigenvalue weighted by Gasteiger charge is 2.11. The summed E-state index contributed by atoms with van der Waals surface area (Å²) in [4.78, 5) is 0. The third kappa shape index (κ3) is 2.90. The van der Waals surface area contributed by atoms with Crippen LogP contribution in [0.25, 0.3) is 0 Å². The number of hydrogen-bond acceptors (Lipinski definition) is 5.